The van der Waals surface area contributed by atoms with E-state index in [4.69, 9.17) is 0 Å². The third kappa shape index (κ3) is 2.80. The minimum atomic E-state index is 0.407. The van der Waals surface area contributed by atoms with E-state index in [2.05, 4.69) is 36.2 Å². The fourth-order valence-corrected chi connectivity index (χ4v) is 3.89. The van der Waals surface area contributed by atoms with Crippen molar-refractivity contribution < 1.29 is 0 Å². The van der Waals surface area contributed by atoms with Crippen molar-refractivity contribution in [3.05, 3.63) is 45.3 Å². The molecule has 0 aliphatic heterocycles. The van der Waals surface area contributed by atoms with Gasteiger partial charge in [-0.1, -0.05) is 0 Å². The zero-order valence-corrected chi connectivity index (χ0v) is 14.9. The highest BCUT2D eigenvalue weighted by Crippen LogP contribution is 2.54. The molecule has 0 radical (unpaired) electrons. The number of rotatable bonds is 3. The molecule has 1 aliphatic carbocycles. The van der Waals surface area contributed by atoms with E-state index in [1.165, 1.54) is 0 Å². The van der Waals surface area contributed by atoms with Crippen LogP contribution in [0.25, 0.3) is 11.3 Å². The number of hydrogen-bond acceptors (Lipinski definition) is 7. The molecule has 0 aromatic carbocycles. The molecule has 0 saturated heterocycles. The van der Waals surface area contributed by atoms with E-state index in [0.717, 1.165) is 50.7 Å². The molecule has 24 heavy (non-hydrogen) atoms. The predicted molar refractivity (Wildman–Crippen MR) is 92.0 cm³/mol. The molecule has 4 rings (SSSR count). The van der Waals surface area contributed by atoms with E-state index < -0.39 is 0 Å². The van der Waals surface area contributed by atoms with Crippen LogP contribution in [0.1, 0.15) is 51.3 Å². The SMILES string of the molecule is Cc1nc(-c2cnc(C)nc2C)cc(C2CC2c2nnc(C)s2)n1. The highest BCUT2D eigenvalue weighted by Gasteiger charge is 2.43. The van der Waals surface area contributed by atoms with Crippen LogP contribution in [0.3, 0.4) is 0 Å². The van der Waals surface area contributed by atoms with Gasteiger partial charge in [-0.05, 0) is 40.2 Å². The first kappa shape index (κ1) is 15.3. The Hall–Kier alpha value is -2.28. The zero-order chi connectivity index (χ0) is 16.8. The summed E-state index contributed by atoms with van der Waals surface area (Å²) in [7, 11) is 0. The predicted octanol–water partition coefficient (Wildman–Crippen LogP) is 3.29. The second-order valence-corrected chi connectivity index (χ2v) is 7.46. The molecule has 1 aliphatic rings. The lowest BCUT2D eigenvalue weighted by molar-refractivity contribution is 0.890. The molecule has 7 heteroatoms. The van der Waals surface area contributed by atoms with Gasteiger partial charge in [0.25, 0.3) is 0 Å². The Balaban J connectivity index is 1.67. The zero-order valence-electron chi connectivity index (χ0n) is 14.1. The molecule has 2 atom stereocenters. The van der Waals surface area contributed by atoms with Gasteiger partial charge in [0.05, 0.1) is 11.4 Å². The van der Waals surface area contributed by atoms with E-state index in [1.54, 1.807) is 11.3 Å². The molecule has 3 aromatic rings. The molecular formula is C17H18N6S. The lowest BCUT2D eigenvalue weighted by Crippen LogP contribution is -2.00. The van der Waals surface area contributed by atoms with Gasteiger partial charge in [-0.25, -0.2) is 19.9 Å². The van der Waals surface area contributed by atoms with Crippen molar-refractivity contribution in [1.82, 2.24) is 30.1 Å². The molecular weight excluding hydrogens is 320 g/mol. The van der Waals surface area contributed by atoms with Crippen molar-refractivity contribution in [3.63, 3.8) is 0 Å². The molecule has 1 fully saturated rings. The summed E-state index contributed by atoms with van der Waals surface area (Å²) in [6.45, 7) is 7.81. The van der Waals surface area contributed by atoms with Crippen molar-refractivity contribution in [1.29, 1.82) is 0 Å². The smallest absolute Gasteiger partial charge is 0.126 e. The van der Waals surface area contributed by atoms with E-state index in [-0.39, 0.29) is 0 Å². The molecule has 0 spiro atoms. The summed E-state index contributed by atoms with van der Waals surface area (Å²) in [5, 5.41) is 10.5. The van der Waals surface area contributed by atoms with Gasteiger partial charge in [-0.15, -0.1) is 21.5 Å². The van der Waals surface area contributed by atoms with Gasteiger partial charge in [0.1, 0.15) is 21.7 Å². The lowest BCUT2D eigenvalue weighted by Gasteiger charge is -2.08. The average Bonchev–Trinajstić information content (AvgIpc) is 3.21. The van der Waals surface area contributed by atoms with Crippen LogP contribution in [0.4, 0.5) is 0 Å². The van der Waals surface area contributed by atoms with Gasteiger partial charge in [0.15, 0.2) is 0 Å². The maximum Gasteiger partial charge on any atom is 0.126 e. The van der Waals surface area contributed by atoms with E-state index in [0.29, 0.717) is 11.8 Å². The minimum absolute atomic E-state index is 0.407. The Kier molecular flexibility index (Phi) is 3.60. The fourth-order valence-electron chi connectivity index (χ4n) is 3.01. The standard InChI is InChI=1S/C17H18N6S/c1-8-14(7-18-9(2)19-8)16-6-15(20-10(3)21-16)12-5-13(12)17-23-22-11(4)24-17/h6-7,12-13H,5H2,1-4H3. The quantitative estimate of drug-likeness (QED) is 0.729. The van der Waals surface area contributed by atoms with Gasteiger partial charge in [-0.2, -0.15) is 0 Å². The van der Waals surface area contributed by atoms with Gasteiger partial charge in [0.2, 0.25) is 0 Å². The summed E-state index contributed by atoms with van der Waals surface area (Å²) in [6, 6.07) is 2.08. The van der Waals surface area contributed by atoms with Crippen LogP contribution < -0.4 is 0 Å². The number of aromatic nitrogens is 6. The summed E-state index contributed by atoms with van der Waals surface area (Å²) in [5.74, 6) is 2.40. The summed E-state index contributed by atoms with van der Waals surface area (Å²) in [5.41, 5.74) is 3.89. The number of nitrogens with zero attached hydrogens (tertiary/aromatic N) is 6. The molecule has 3 heterocycles. The summed E-state index contributed by atoms with van der Waals surface area (Å²) >= 11 is 1.68. The topological polar surface area (TPSA) is 77.3 Å². The number of hydrogen-bond donors (Lipinski definition) is 0. The second-order valence-electron chi connectivity index (χ2n) is 6.25. The van der Waals surface area contributed by atoms with Crippen molar-refractivity contribution in [3.8, 4) is 11.3 Å². The van der Waals surface area contributed by atoms with Crippen LogP contribution in [-0.4, -0.2) is 30.1 Å². The molecule has 3 aromatic heterocycles. The van der Waals surface area contributed by atoms with Crippen molar-refractivity contribution in [2.75, 3.05) is 0 Å². The van der Waals surface area contributed by atoms with Gasteiger partial charge < -0.3 is 0 Å². The van der Waals surface area contributed by atoms with Crippen molar-refractivity contribution >= 4 is 11.3 Å². The first-order valence-electron chi connectivity index (χ1n) is 7.97. The summed E-state index contributed by atoms with van der Waals surface area (Å²) in [6.07, 6.45) is 2.93. The highest BCUT2D eigenvalue weighted by molar-refractivity contribution is 7.11. The van der Waals surface area contributed by atoms with Crippen LogP contribution in [-0.2, 0) is 0 Å². The van der Waals surface area contributed by atoms with Gasteiger partial charge >= 0.3 is 0 Å². The van der Waals surface area contributed by atoms with E-state index in [1.807, 2.05) is 33.9 Å². The molecule has 0 N–H and O–H groups in total. The van der Waals surface area contributed by atoms with Crippen molar-refractivity contribution in [2.45, 2.75) is 46.0 Å². The monoisotopic (exact) mass is 338 g/mol. The normalized spacial score (nSPS) is 19.5. The fraction of sp³-hybridized carbons (Fsp3) is 0.412. The van der Waals surface area contributed by atoms with Crippen LogP contribution in [0.5, 0.6) is 0 Å². The first-order valence-corrected chi connectivity index (χ1v) is 8.79. The van der Waals surface area contributed by atoms with Crippen LogP contribution in [0.2, 0.25) is 0 Å². The Morgan fingerprint density at radius 1 is 0.958 bits per heavy atom. The largest absolute Gasteiger partial charge is 0.241 e. The molecule has 6 nitrogen and oxygen atoms in total. The highest BCUT2D eigenvalue weighted by atomic mass is 32.1. The second kappa shape index (κ2) is 5.66. The van der Waals surface area contributed by atoms with Crippen LogP contribution >= 0.6 is 11.3 Å². The van der Waals surface area contributed by atoms with Crippen LogP contribution in [0, 0.1) is 27.7 Å². The number of aryl methyl sites for hydroxylation is 4. The maximum absolute atomic E-state index is 4.66. The third-order valence-electron chi connectivity index (χ3n) is 4.26. The Morgan fingerprint density at radius 3 is 2.50 bits per heavy atom. The summed E-state index contributed by atoms with van der Waals surface area (Å²) in [4.78, 5) is 18.0. The molecule has 0 amide bonds. The van der Waals surface area contributed by atoms with Crippen molar-refractivity contribution in [2.24, 2.45) is 0 Å². The lowest BCUT2D eigenvalue weighted by atomic mass is 10.1. The molecule has 1 saturated carbocycles. The van der Waals surface area contributed by atoms with Gasteiger partial charge in [-0.3, -0.25) is 0 Å². The summed E-state index contributed by atoms with van der Waals surface area (Å²) < 4.78 is 0. The minimum Gasteiger partial charge on any atom is -0.241 e. The Bertz CT molecular complexity index is 919. The first-order chi connectivity index (χ1) is 11.5. The Morgan fingerprint density at radius 2 is 1.79 bits per heavy atom. The maximum atomic E-state index is 4.66. The van der Waals surface area contributed by atoms with Crippen LogP contribution in [0.15, 0.2) is 12.3 Å². The molecule has 0 bridgehead atoms. The molecule has 2 unspecified atom stereocenters. The average molecular weight is 338 g/mol. The Labute approximate surface area is 144 Å². The van der Waals surface area contributed by atoms with E-state index >= 15 is 0 Å². The van der Waals surface area contributed by atoms with E-state index in [9.17, 15) is 0 Å². The molecule has 122 valence electrons. The third-order valence-corrected chi connectivity index (χ3v) is 5.23. The van der Waals surface area contributed by atoms with Gasteiger partial charge in [0, 0.05) is 29.3 Å².